The molecule has 0 unspecified atom stereocenters. The van der Waals surface area contributed by atoms with Gasteiger partial charge in [-0.25, -0.2) is 0 Å². The summed E-state index contributed by atoms with van der Waals surface area (Å²) in [5.41, 5.74) is 0.707. The van der Waals surface area contributed by atoms with E-state index in [1.807, 2.05) is 7.05 Å². The van der Waals surface area contributed by atoms with Crippen molar-refractivity contribution in [3.8, 4) is 17.2 Å². The van der Waals surface area contributed by atoms with E-state index in [9.17, 15) is 4.79 Å². The van der Waals surface area contributed by atoms with Crippen LogP contribution in [-0.2, 0) is 4.79 Å². The number of nitrogens with one attached hydrogen (secondary N) is 1. The molecule has 0 radical (unpaired) electrons. The number of carbonyl (C=O) groups excluding carboxylic acids is 1. The first-order valence-electron chi connectivity index (χ1n) is 6.80. The van der Waals surface area contributed by atoms with Gasteiger partial charge in [-0.3, -0.25) is 4.79 Å². The van der Waals surface area contributed by atoms with E-state index in [1.54, 1.807) is 45.4 Å². The van der Waals surface area contributed by atoms with Crippen molar-refractivity contribution >= 4 is 24.0 Å². The first-order valence-corrected chi connectivity index (χ1v) is 6.80. The number of carbonyl (C=O) groups is 1. The highest BCUT2D eigenvalue weighted by molar-refractivity contribution is 5.93. The summed E-state index contributed by atoms with van der Waals surface area (Å²) in [5, 5.41) is 3.03. The van der Waals surface area contributed by atoms with Crippen LogP contribution in [0.15, 0.2) is 12.1 Å². The summed E-state index contributed by atoms with van der Waals surface area (Å²) < 4.78 is 15.9. The monoisotopic (exact) mass is 332 g/mol. The molecule has 7 heteroatoms. The molecule has 0 heterocycles. The van der Waals surface area contributed by atoms with Crippen LogP contribution in [0.1, 0.15) is 12.8 Å². The normalized spacial score (nSPS) is 9.68. The summed E-state index contributed by atoms with van der Waals surface area (Å²) >= 11 is 0. The Morgan fingerprint density at radius 1 is 1.14 bits per heavy atom. The molecule has 0 fully saturated rings. The van der Waals surface area contributed by atoms with Crippen LogP contribution in [0.2, 0.25) is 0 Å². The second-order valence-electron chi connectivity index (χ2n) is 4.54. The number of rotatable bonds is 8. The molecule has 0 aliphatic carbocycles. The highest BCUT2D eigenvalue weighted by Gasteiger charge is 2.18. The maximum atomic E-state index is 12.2. The van der Waals surface area contributed by atoms with Crippen LogP contribution in [0.3, 0.4) is 0 Å². The van der Waals surface area contributed by atoms with Gasteiger partial charge in [0.1, 0.15) is 0 Å². The standard InChI is InChI=1S/C15H24N2O4.ClH/c1-16-8-6-7-14(18)17(2)11-9-12(19-3)15(21-5)13(10-11)20-4;/h9-10,16H,6-8H2,1-5H3;1H. The summed E-state index contributed by atoms with van der Waals surface area (Å²) in [6, 6.07) is 3.52. The van der Waals surface area contributed by atoms with Crippen LogP contribution in [0.4, 0.5) is 5.69 Å². The fourth-order valence-corrected chi connectivity index (χ4v) is 1.99. The molecule has 0 saturated heterocycles. The van der Waals surface area contributed by atoms with Crippen molar-refractivity contribution in [2.45, 2.75) is 12.8 Å². The predicted octanol–water partition coefficient (Wildman–Crippen LogP) is 2.10. The number of nitrogens with zero attached hydrogens (tertiary/aromatic N) is 1. The SMILES string of the molecule is CNCCCC(=O)N(C)c1cc(OC)c(OC)c(OC)c1.Cl. The Bertz CT molecular complexity index is 458. The van der Waals surface area contributed by atoms with Gasteiger partial charge in [0.2, 0.25) is 11.7 Å². The zero-order valence-electron chi connectivity index (χ0n) is 13.8. The quantitative estimate of drug-likeness (QED) is 0.739. The molecule has 1 amide bonds. The molecular weight excluding hydrogens is 308 g/mol. The van der Waals surface area contributed by atoms with Gasteiger partial charge in [-0.15, -0.1) is 12.4 Å². The van der Waals surface area contributed by atoms with Gasteiger partial charge >= 0.3 is 0 Å². The first-order chi connectivity index (χ1) is 10.1. The molecule has 1 aromatic rings. The Labute approximate surface area is 138 Å². The van der Waals surface area contributed by atoms with E-state index in [0.717, 1.165) is 13.0 Å². The number of hydrogen-bond donors (Lipinski definition) is 1. The molecule has 126 valence electrons. The summed E-state index contributed by atoms with van der Waals surface area (Å²) in [7, 11) is 8.26. The van der Waals surface area contributed by atoms with Crippen LogP contribution in [-0.4, -0.2) is 47.9 Å². The van der Waals surface area contributed by atoms with Crippen molar-refractivity contribution in [3.05, 3.63) is 12.1 Å². The fourth-order valence-electron chi connectivity index (χ4n) is 1.99. The van der Waals surface area contributed by atoms with Crippen molar-refractivity contribution in [2.75, 3.05) is 46.9 Å². The molecule has 6 nitrogen and oxygen atoms in total. The summed E-state index contributed by atoms with van der Waals surface area (Å²) in [6.45, 7) is 0.814. The van der Waals surface area contributed by atoms with Gasteiger partial charge < -0.3 is 24.4 Å². The molecule has 0 aromatic heterocycles. The van der Waals surface area contributed by atoms with Gasteiger partial charge in [0, 0.05) is 25.6 Å². The minimum absolute atomic E-state index is 0. The number of amides is 1. The number of benzene rings is 1. The van der Waals surface area contributed by atoms with Gasteiger partial charge in [-0.1, -0.05) is 0 Å². The molecule has 0 atom stereocenters. The summed E-state index contributed by atoms with van der Waals surface area (Å²) in [5.74, 6) is 1.61. The van der Waals surface area contributed by atoms with Crippen molar-refractivity contribution in [2.24, 2.45) is 0 Å². The molecule has 1 aromatic carbocycles. The number of ether oxygens (including phenoxy) is 3. The highest BCUT2D eigenvalue weighted by atomic mass is 35.5. The van der Waals surface area contributed by atoms with Crippen molar-refractivity contribution in [3.63, 3.8) is 0 Å². The molecule has 1 N–H and O–H groups in total. The van der Waals surface area contributed by atoms with Gasteiger partial charge in [0.25, 0.3) is 0 Å². The smallest absolute Gasteiger partial charge is 0.226 e. The molecule has 1 rings (SSSR count). The Balaban J connectivity index is 0.00000441. The molecule has 0 bridgehead atoms. The number of anilines is 1. The number of hydrogen-bond acceptors (Lipinski definition) is 5. The van der Waals surface area contributed by atoms with Gasteiger partial charge in [-0.2, -0.15) is 0 Å². The van der Waals surface area contributed by atoms with E-state index >= 15 is 0 Å². The predicted molar refractivity (Wildman–Crippen MR) is 89.9 cm³/mol. The first kappa shape index (κ1) is 20.3. The third kappa shape index (κ3) is 4.96. The lowest BCUT2D eigenvalue weighted by molar-refractivity contribution is -0.118. The molecular formula is C15H25ClN2O4. The lowest BCUT2D eigenvalue weighted by Crippen LogP contribution is -2.26. The Kier molecular flexibility index (Phi) is 9.37. The molecule has 0 aliphatic heterocycles. The molecule has 0 saturated carbocycles. The van der Waals surface area contributed by atoms with E-state index < -0.39 is 0 Å². The lowest BCUT2D eigenvalue weighted by atomic mass is 10.2. The van der Waals surface area contributed by atoms with Crippen molar-refractivity contribution in [1.29, 1.82) is 0 Å². The van der Waals surface area contributed by atoms with Crippen molar-refractivity contribution in [1.82, 2.24) is 5.32 Å². The van der Waals surface area contributed by atoms with E-state index in [2.05, 4.69) is 5.32 Å². The van der Waals surface area contributed by atoms with Crippen molar-refractivity contribution < 1.29 is 19.0 Å². The fraction of sp³-hybridized carbons (Fsp3) is 0.533. The third-order valence-electron chi connectivity index (χ3n) is 3.23. The maximum absolute atomic E-state index is 12.2. The van der Waals surface area contributed by atoms with E-state index in [-0.39, 0.29) is 18.3 Å². The third-order valence-corrected chi connectivity index (χ3v) is 3.23. The topological polar surface area (TPSA) is 60.0 Å². The average Bonchev–Trinajstić information content (AvgIpc) is 2.52. The summed E-state index contributed by atoms with van der Waals surface area (Å²) in [4.78, 5) is 13.8. The molecule has 0 spiro atoms. The Hall–Kier alpha value is -1.66. The lowest BCUT2D eigenvalue weighted by Gasteiger charge is -2.20. The van der Waals surface area contributed by atoms with Crippen LogP contribution in [0.5, 0.6) is 17.2 Å². The second-order valence-corrected chi connectivity index (χ2v) is 4.54. The van der Waals surface area contributed by atoms with Crippen LogP contribution < -0.4 is 24.4 Å². The summed E-state index contributed by atoms with van der Waals surface area (Å²) in [6.07, 6.45) is 1.28. The van der Waals surface area contributed by atoms with E-state index in [4.69, 9.17) is 14.2 Å². The average molecular weight is 333 g/mol. The largest absolute Gasteiger partial charge is 0.493 e. The molecule has 22 heavy (non-hydrogen) atoms. The maximum Gasteiger partial charge on any atom is 0.226 e. The minimum atomic E-state index is 0. The second kappa shape index (κ2) is 10.1. The van der Waals surface area contributed by atoms with Crippen LogP contribution in [0.25, 0.3) is 0 Å². The Morgan fingerprint density at radius 2 is 1.68 bits per heavy atom. The minimum Gasteiger partial charge on any atom is -0.493 e. The number of halogens is 1. The van der Waals surface area contributed by atoms with Gasteiger partial charge in [0.05, 0.1) is 27.0 Å². The van der Waals surface area contributed by atoms with E-state index in [1.165, 1.54) is 0 Å². The zero-order chi connectivity index (χ0) is 15.8. The van der Waals surface area contributed by atoms with Gasteiger partial charge in [0.15, 0.2) is 11.5 Å². The van der Waals surface area contributed by atoms with Gasteiger partial charge in [-0.05, 0) is 20.0 Å². The Morgan fingerprint density at radius 3 is 2.09 bits per heavy atom. The van der Waals surface area contributed by atoms with Crippen LogP contribution >= 0.6 is 12.4 Å². The number of methoxy groups -OCH3 is 3. The van der Waals surface area contributed by atoms with Crippen LogP contribution in [0, 0.1) is 0 Å². The zero-order valence-corrected chi connectivity index (χ0v) is 14.6. The highest BCUT2D eigenvalue weighted by Crippen LogP contribution is 2.40. The molecule has 0 aliphatic rings. The van der Waals surface area contributed by atoms with E-state index in [0.29, 0.717) is 29.4 Å².